The number of hydrogen-bond donors (Lipinski definition) is 1. The zero-order valence-electron chi connectivity index (χ0n) is 27.7. The lowest BCUT2D eigenvalue weighted by atomic mass is 9.49. The number of amides is 1. The highest BCUT2D eigenvalue weighted by Gasteiger charge is 2.64. The van der Waals surface area contributed by atoms with Crippen molar-refractivity contribution >= 4 is 22.6 Å². The van der Waals surface area contributed by atoms with Gasteiger partial charge >= 0.3 is 0 Å². The highest BCUT2D eigenvalue weighted by atomic mass is 16.5. The van der Waals surface area contributed by atoms with Crippen LogP contribution >= 0.6 is 0 Å². The molecule has 0 radical (unpaired) electrons. The van der Waals surface area contributed by atoms with Gasteiger partial charge in [0.2, 0.25) is 0 Å². The molecule has 238 valence electrons. The largest absolute Gasteiger partial charge is 0.488 e. The van der Waals surface area contributed by atoms with E-state index >= 15 is 0 Å². The molecule has 6 rings (SSSR count). The van der Waals surface area contributed by atoms with E-state index in [0.717, 1.165) is 36.3 Å². The van der Waals surface area contributed by atoms with Gasteiger partial charge in [-0.25, -0.2) is 4.98 Å². The lowest BCUT2D eigenvalue weighted by Crippen LogP contribution is -2.74. The molecule has 2 aromatic heterocycles. The summed E-state index contributed by atoms with van der Waals surface area (Å²) >= 11 is 0. The highest BCUT2D eigenvalue weighted by molar-refractivity contribution is 5.94. The molecular weight excluding hydrogens is 560 g/mol. The van der Waals surface area contributed by atoms with E-state index in [2.05, 4.69) is 67.7 Å². The van der Waals surface area contributed by atoms with Crippen LogP contribution in [0.5, 0.6) is 5.75 Å². The van der Waals surface area contributed by atoms with Gasteiger partial charge in [0.1, 0.15) is 23.7 Å². The quantitative estimate of drug-likeness (QED) is 0.293. The Bertz CT molecular complexity index is 1550. The Labute approximate surface area is 268 Å². The zero-order valence-corrected chi connectivity index (χ0v) is 27.7. The molecule has 1 aromatic carbocycles. The SMILES string of the molecule is CC(C)N(CC1CCN(c2ccc(C(=O)NC3C(C)(C)C(Oc4ccc(C#N)c5ncccc45)C3(C)C)cn2)CC1)C1CCC1. The first-order valence-electron chi connectivity index (χ1n) is 16.7. The molecule has 1 aliphatic heterocycles. The van der Waals surface area contributed by atoms with Gasteiger partial charge < -0.3 is 15.0 Å². The van der Waals surface area contributed by atoms with E-state index in [-0.39, 0.29) is 28.9 Å². The molecule has 2 saturated carbocycles. The molecule has 45 heavy (non-hydrogen) atoms. The molecule has 1 saturated heterocycles. The zero-order chi connectivity index (χ0) is 31.9. The van der Waals surface area contributed by atoms with Crippen LogP contribution in [0.25, 0.3) is 10.9 Å². The summed E-state index contributed by atoms with van der Waals surface area (Å²) in [4.78, 5) is 27.7. The number of carbonyl (C=O) groups is 1. The van der Waals surface area contributed by atoms with E-state index in [9.17, 15) is 10.1 Å². The number of hydrogen-bond acceptors (Lipinski definition) is 7. The number of carbonyl (C=O) groups excluding carboxylic acids is 1. The van der Waals surface area contributed by atoms with Gasteiger partial charge in [0, 0.05) is 66.4 Å². The van der Waals surface area contributed by atoms with Crippen molar-refractivity contribution in [2.45, 2.75) is 97.9 Å². The van der Waals surface area contributed by atoms with Gasteiger partial charge in [0.15, 0.2) is 0 Å². The Morgan fingerprint density at radius 1 is 1.07 bits per heavy atom. The summed E-state index contributed by atoms with van der Waals surface area (Å²) in [5.41, 5.74) is 1.07. The van der Waals surface area contributed by atoms with E-state index in [1.54, 1.807) is 18.5 Å². The number of nitrogens with one attached hydrogen (secondary N) is 1. The second-order valence-electron chi connectivity index (χ2n) is 14.9. The maximum atomic E-state index is 13.5. The molecule has 3 heterocycles. The number of piperidine rings is 1. The van der Waals surface area contributed by atoms with Crippen LogP contribution in [-0.2, 0) is 0 Å². The maximum absolute atomic E-state index is 13.5. The average Bonchev–Trinajstić information content (AvgIpc) is 3.01. The number of aromatic nitrogens is 2. The van der Waals surface area contributed by atoms with Gasteiger partial charge in [0.25, 0.3) is 5.91 Å². The van der Waals surface area contributed by atoms with Gasteiger partial charge in [-0.3, -0.25) is 14.7 Å². The minimum atomic E-state index is -0.330. The number of benzene rings is 1. The van der Waals surface area contributed by atoms with Crippen molar-refractivity contribution < 1.29 is 9.53 Å². The fraction of sp³-hybridized carbons (Fsp3) is 0.568. The number of pyridine rings is 2. The molecule has 2 aliphatic carbocycles. The lowest BCUT2D eigenvalue weighted by molar-refractivity contribution is -0.163. The number of nitrogens with zero attached hydrogens (tertiary/aromatic N) is 5. The van der Waals surface area contributed by atoms with Gasteiger partial charge in [-0.15, -0.1) is 0 Å². The van der Waals surface area contributed by atoms with Gasteiger partial charge in [-0.05, 0) is 81.8 Å². The van der Waals surface area contributed by atoms with Crippen LogP contribution in [-0.4, -0.2) is 64.6 Å². The Morgan fingerprint density at radius 3 is 2.40 bits per heavy atom. The van der Waals surface area contributed by atoms with Crippen LogP contribution in [0.4, 0.5) is 5.82 Å². The van der Waals surface area contributed by atoms with Crippen molar-refractivity contribution in [3.63, 3.8) is 0 Å². The third-order valence-electron chi connectivity index (χ3n) is 10.8. The third-order valence-corrected chi connectivity index (χ3v) is 10.8. The van der Waals surface area contributed by atoms with Crippen molar-refractivity contribution in [3.8, 4) is 11.8 Å². The predicted octanol–water partition coefficient (Wildman–Crippen LogP) is 6.59. The summed E-state index contributed by atoms with van der Waals surface area (Å²) in [6, 6.07) is 14.8. The fourth-order valence-electron chi connectivity index (χ4n) is 8.33. The minimum Gasteiger partial charge on any atom is -0.488 e. The summed E-state index contributed by atoms with van der Waals surface area (Å²) in [6.45, 7) is 16.4. The monoisotopic (exact) mass is 608 g/mol. The molecule has 8 nitrogen and oxygen atoms in total. The second-order valence-corrected chi connectivity index (χ2v) is 14.9. The Kier molecular flexibility index (Phi) is 8.51. The van der Waals surface area contributed by atoms with Crippen molar-refractivity contribution in [1.82, 2.24) is 20.2 Å². The van der Waals surface area contributed by atoms with Crippen LogP contribution in [0.1, 0.15) is 89.6 Å². The summed E-state index contributed by atoms with van der Waals surface area (Å²) < 4.78 is 6.63. The fourth-order valence-corrected chi connectivity index (χ4v) is 8.33. The van der Waals surface area contributed by atoms with Crippen LogP contribution in [0.3, 0.4) is 0 Å². The lowest BCUT2D eigenvalue weighted by Gasteiger charge is -2.63. The molecule has 1 amide bonds. The van der Waals surface area contributed by atoms with E-state index in [0.29, 0.717) is 28.4 Å². The van der Waals surface area contributed by atoms with E-state index in [1.807, 2.05) is 30.3 Å². The van der Waals surface area contributed by atoms with Crippen molar-refractivity contribution in [1.29, 1.82) is 5.26 Å². The molecule has 1 N–H and O–H groups in total. The molecule has 0 bridgehead atoms. The van der Waals surface area contributed by atoms with E-state index < -0.39 is 0 Å². The number of fused-ring (bicyclic) bond motifs is 1. The number of rotatable bonds is 9. The second kappa shape index (κ2) is 12.2. The summed E-state index contributed by atoms with van der Waals surface area (Å²) in [6.07, 6.45) is 9.72. The number of nitriles is 1. The van der Waals surface area contributed by atoms with Gasteiger partial charge in [-0.2, -0.15) is 5.26 Å². The Balaban J connectivity index is 1.06. The van der Waals surface area contributed by atoms with Crippen LogP contribution in [0, 0.1) is 28.1 Å². The molecule has 0 atom stereocenters. The third kappa shape index (κ3) is 5.88. The molecule has 3 aromatic rings. The molecule has 3 aliphatic rings. The summed E-state index contributed by atoms with van der Waals surface area (Å²) in [7, 11) is 0. The maximum Gasteiger partial charge on any atom is 0.253 e. The summed E-state index contributed by atoms with van der Waals surface area (Å²) in [5.74, 6) is 2.28. The number of anilines is 1. The standard InChI is InChI=1S/C37H48N6O2/c1-24(2)43(28-9-7-10-28)23-25-16-19-42(20-17-25)31-15-13-27(22-40-31)33(44)41-34-36(3,4)35(37(34,5)6)45-30-14-12-26(21-38)32-29(30)11-8-18-39-32/h8,11-15,18,22,24-25,28,34-35H,7,9-10,16-17,19-20,23H2,1-6H3,(H,41,44). The smallest absolute Gasteiger partial charge is 0.253 e. The normalized spacial score (nSPS) is 23.0. The van der Waals surface area contributed by atoms with Crippen molar-refractivity contribution in [2.75, 3.05) is 24.5 Å². The van der Waals surface area contributed by atoms with Crippen molar-refractivity contribution in [3.05, 3.63) is 59.9 Å². The van der Waals surface area contributed by atoms with Gasteiger partial charge in [0.05, 0.1) is 16.6 Å². The predicted molar refractivity (Wildman–Crippen MR) is 178 cm³/mol. The molecule has 8 heteroatoms. The highest BCUT2D eigenvalue weighted by Crippen LogP contribution is 2.56. The minimum absolute atomic E-state index is 0.102. The summed E-state index contributed by atoms with van der Waals surface area (Å²) in [5, 5.41) is 13.6. The first kappa shape index (κ1) is 31.3. The van der Waals surface area contributed by atoms with Crippen LogP contribution in [0.2, 0.25) is 0 Å². The molecule has 0 spiro atoms. The molecular formula is C37H48N6O2. The topological polar surface area (TPSA) is 94.4 Å². The Morgan fingerprint density at radius 2 is 1.80 bits per heavy atom. The Hall–Kier alpha value is -3.70. The van der Waals surface area contributed by atoms with Crippen molar-refractivity contribution in [2.24, 2.45) is 16.7 Å². The molecule has 0 unspecified atom stereocenters. The van der Waals surface area contributed by atoms with Crippen LogP contribution in [0.15, 0.2) is 48.8 Å². The van der Waals surface area contributed by atoms with E-state index in [4.69, 9.17) is 9.72 Å². The van der Waals surface area contributed by atoms with Gasteiger partial charge in [-0.1, -0.05) is 34.1 Å². The molecule has 3 fully saturated rings. The van der Waals surface area contributed by atoms with Crippen LogP contribution < -0.4 is 15.0 Å². The first-order valence-corrected chi connectivity index (χ1v) is 16.7. The first-order chi connectivity index (χ1) is 21.5. The average molecular weight is 609 g/mol. The van der Waals surface area contributed by atoms with E-state index in [1.165, 1.54) is 38.6 Å². The number of ether oxygens (including phenoxy) is 1.